The summed E-state index contributed by atoms with van der Waals surface area (Å²) in [6, 6.07) is 11.7. The zero-order chi connectivity index (χ0) is 29.6. The Labute approximate surface area is 241 Å². The summed E-state index contributed by atoms with van der Waals surface area (Å²) in [4.78, 5) is 0. The molecule has 3 aliphatic rings. The highest BCUT2D eigenvalue weighted by Gasteiger charge is 2.50. The molecule has 2 aromatic carbocycles. The Kier molecular flexibility index (Phi) is 8.60. The molecule has 0 bridgehead atoms. The molecular weight excluding hydrogens is 551 g/mol. The Morgan fingerprint density at radius 3 is 2.24 bits per heavy atom. The number of aliphatic hydroxyl groups excluding tert-OH is 3. The van der Waals surface area contributed by atoms with Gasteiger partial charge in [-0.3, -0.25) is 13.6 Å². The molecule has 3 N–H and O–H groups in total. The molecule has 5 rings (SSSR count). The van der Waals surface area contributed by atoms with Crippen molar-refractivity contribution < 1.29 is 47.7 Å². The molecule has 2 saturated heterocycles. The maximum atomic E-state index is 13.4. The van der Waals surface area contributed by atoms with Crippen LogP contribution in [0.15, 0.2) is 36.4 Å². The molecule has 0 aromatic heterocycles. The van der Waals surface area contributed by atoms with E-state index in [0.29, 0.717) is 37.4 Å². The fourth-order valence-corrected chi connectivity index (χ4v) is 7.86. The SMILES string of the molecule is CCc1ccc([C@@H]2O[C@H](COP3(=O)OC(C)(C)CC(C)(C)O3)[C@@H](O)[C@H](O)[C@H]2O)cc1Cc1ccc2c(c1)OCCO2. The van der Waals surface area contributed by atoms with Crippen molar-refractivity contribution in [2.75, 3.05) is 19.8 Å². The average molecular weight is 593 g/mol. The second-order valence-electron chi connectivity index (χ2n) is 12.2. The Balaban J connectivity index is 1.35. The maximum absolute atomic E-state index is 13.4. The van der Waals surface area contributed by atoms with Crippen molar-refractivity contribution in [2.45, 2.75) is 95.6 Å². The minimum Gasteiger partial charge on any atom is -0.486 e. The fraction of sp³-hybridized carbons (Fsp3) is 0.600. The van der Waals surface area contributed by atoms with Crippen LogP contribution in [0.3, 0.4) is 0 Å². The Morgan fingerprint density at radius 1 is 0.878 bits per heavy atom. The largest absolute Gasteiger partial charge is 0.486 e. The molecule has 0 saturated carbocycles. The van der Waals surface area contributed by atoms with E-state index in [1.54, 1.807) is 27.7 Å². The lowest BCUT2D eigenvalue weighted by Crippen LogP contribution is -2.55. The first-order chi connectivity index (χ1) is 19.3. The Hall–Kier alpha value is -2.01. The molecule has 3 heterocycles. The maximum Gasteiger partial charge on any atom is 0.475 e. The molecule has 0 radical (unpaired) electrons. The summed E-state index contributed by atoms with van der Waals surface area (Å²) < 4.78 is 47.8. The van der Waals surface area contributed by atoms with Gasteiger partial charge >= 0.3 is 7.82 Å². The number of hydrogen-bond donors (Lipinski definition) is 3. The number of fused-ring (bicyclic) bond motifs is 1. The van der Waals surface area contributed by atoms with Gasteiger partial charge in [0.05, 0.1) is 17.8 Å². The average Bonchev–Trinajstić information content (AvgIpc) is 2.89. The van der Waals surface area contributed by atoms with Gasteiger partial charge in [-0.1, -0.05) is 31.2 Å². The smallest absolute Gasteiger partial charge is 0.475 e. The monoisotopic (exact) mass is 592 g/mol. The van der Waals surface area contributed by atoms with Gasteiger partial charge in [0.15, 0.2) is 11.5 Å². The molecule has 226 valence electrons. The van der Waals surface area contributed by atoms with Crippen molar-refractivity contribution in [2.24, 2.45) is 0 Å². The van der Waals surface area contributed by atoms with Crippen molar-refractivity contribution in [1.82, 2.24) is 0 Å². The van der Waals surface area contributed by atoms with Gasteiger partial charge in [-0.15, -0.1) is 0 Å². The van der Waals surface area contributed by atoms with Crippen LogP contribution in [0.2, 0.25) is 0 Å². The summed E-state index contributed by atoms with van der Waals surface area (Å²) in [5.74, 6) is 1.44. The van der Waals surface area contributed by atoms with E-state index in [-0.39, 0.29) is 6.61 Å². The summed E-state index contributed by atoms with van der Waals surface area (Å²) >= 11 is 0. The first-order valence-electron chi connectivity index (χ1n) is 14.1. The predicted octanol–water partition coefficient (Wildman–Crippen LogP) is 4.25. The first-order valence-corrected chi connectivity index (χ1v) is 15.6. The van der Waals surface area contributed by atoms with Crippen molar-refractivity contribution in [3.8, 4) is 11.5 Å². The third-order valence-electron chi connectivity index (χ3n) is 7.62. The highest BCUT2D eigenvalue weighted by atomic mass is 31.2. The van der Waals surface area contributed by atoms with Crippen LogP contribution in [0.25, 0.3) is 0 Å². The van der Waals surface area contributed by atoms with E-state index in [1.165, 1.54) is 0 Å². The molecule has 3 aliphatic heterocycles. The van der Waals surface area contributed by atoms with Gasteiger partial charge in [0.25, 0.3) is 0 Å². The molecule has 10 nitrogen and oxygen atoms in total. The van der Waals surface area contributed by atoms with Gasteiger partial charge in [0.2, 0.25) is 0 Å². The van der Waals surface area contributed by atoms with E-state index >= 15 is 0 Å². The third-order valence-corrected chi connectivity index (χ3v) is 9.52. The number of phosphoric ester groups is 1. The van der Waals surface area contributed by atoms with Crippen LogP contribution in [0.5, 0.6) is 11.5 Å². The molecule has 5 atom stereocenters. The highest BCUT2D eigenvalue weighted by Crippen LogP contribution is 2.61. The summed E-state index contributed by atoms with van der Waals surface area (Å²) in [5.41, 5.74) is 2.33. The van der Waals surface area contributed by atoms with Crippen molar-refractivity contribution in [3.05, 3.63) is 58.7 Å². The van der Waals surface area contributed by atoms with E-state index < -0.39 is 49.5 Å². The molecule has 41 heavy (non-hydrogen) atoms. The van der Waals surface area contributed by atoms with Gasteiger partial charge in [-0.25, -0.2) is 4.57 Å². The van der Waals surface area contributed by atoms with Crippen LogP contribution in [0.1, 0.15) is 69.4 Å². The molecule has 2 fully saturated rings. The number of aryl methyl sites for hydroxylation is 1. The van der Waals surface area contributed by atoms with E-state index in [9.17, 15) is 19.9 Å². The topological polar surface area (TPSA) is 133 Å². The number of phosphoric acid groups is 1. The fourth-order valence-electron chi connectivity index (χ4n) is 6.05. The number of ether oxygens (including phenoxy) is 3. The standard InChI is InChI=1S/C30H41O10P/c1-6-19-8-9-20(15-21(19)13-18-7-10-22-23(14-18)36-12-11-35-22)28-27(33)26(32)25(31)24(38-28)16-37-41(34)39-29(2,3)17-30(4,5)40-41/h7-10,14-15,24-28,31-33H,6,11-13,16-17H2,1-5H3/t24-,25-,26+,27-,28+/m1/s1. The lowest BCUT2D eigenvalue weighted by Gasteiger charge is -2.44. The number of aliphatic hydroxyl groups is 3. The van der Waals surface area contributed by atoms with E-state index in [1.807, 2.05) is 36.4 Å². The van der Waals surface area contributed by atoms with Crippen LogP contribution in [-0.4, -0.2) is 70.8 Å². The molecule has 0 aliphatic carbocycles. The normalized spacial score (nSPS) is 30.1. The van der Waals surface area contributed by atoms with Crippen LogP contribution in [0.4, 0.5) is 0 Å². The molecule has 0 spiro atoms. The second kappa shape index (κ2) is 11.6. The summed E-state index contributed by atoms with van der Waals surface area (Å²) in [7, 11) is -4.00. The quantitative estimate of drug-likeness (QED) is 0.401. The number of hydrogen-bond acceptors (Lipinski definition) is 10. The zero-order valence-electron chi connectivity index (χ0n) is 24.2. The van der Waals surface area contributed by atoms with Crippen LogP contribution >= 0.6 is 7.82 Å². The summed E-state index contributed by atoms with van der Waals surface area (Å²) in [5, 5.41) is 32.4. The third kappa shape index (κ3) is 6.81. The summed E-state index contributed by atoms with van der Waals surface area (Å²) in [6.07, 6.45) is -4.54. The number of benzene rings is 2. The molecule has 11 heteroatoms. The Morgan fingerprint density at radius 2 is 1.56 bits per heavy atom. The van der Waals surface area contributed by atoms with Gasteiger partial charge < -0.3 is 29.5 Å². The van der Waals surface area contributed by atoms with Crippen molar-refractivity contribution in [1.29, 1.82) is 0 Å². The minimum atomic E-state index is -4.00. The number of rotatable bonds is 7. The molecule has 2 aromatic rings. The lowest BCUT2D eigenvalue weighted by molar-refractivity contribution is -0.232. The van der Waals surface area contributed by atoms with Crippen molar-refractivity contribution >= 4 is 7.82 Å². The zero-order valence-corrected chi connectivity index (χ0v) is 25.1. The van der Waals surface area contributed by atoms with Crippen molar-refractivity contribution in [3.63, 3.8) is 0 Å². The van der Waals surface area contributed by atoms with Crippen LogP contribution < -0.4 is 9.47 Å². The van der Waals surface area contributed by atoms with E-state index in [0.717, 1.165) is 28.9 Å². The van der Waals surface area contributed by atoms with Gasteiger partial charge in [-0.2, -0.15) is 0 Å². The van der Waals surface area contributed by atoms with Crippen LogP contribution in [0, 0.1) is 0 Å². The van der Waals surface area contributed by atoms with Gasteiger partial charge in [0.1, 0.15) is 43.7 Å². The van der Waals surface area contributed by atoms with E-state index in [4.69, 9.17) is 27.8 Å². The van der Waals surface area contributed by atoms with E-state index in [2.05, 4.69) is 6.92 Å². The minimum absolute atomic E-state index is 0.373. The second-order valence-corrected chi connectivity index (χ2v) is 13.7. The van der Waals surface area contributed by atoms with Gasteiger partial charge in [-0.05, 0) is 74.9 Å². The predicted molar refractivity (Wildman–Crippen MR) is 150 cm³/mol. The Bertz CT molecular complexity index is 1270. The molecular formula is C30H41O10P. The van der Waals surface area contributed by atoms with Crippen LogP contribution in [-0.2, 0) is 35.7 Å². The molecule has 0 amide bonds. The lowest BCUT2D eigenvalue weighted by atomic mass is 9.88. The highest BCUT2D eigenvalue weighted by molar-refractivity contribution is 7.48. The first kappa shape index (κ1) is 30.4. The summed E-state index contributed by atoms with van der Waals surface area (Å²) in [6.45, 7) is 9.94. The van der Waals surface area contributed by atoms with Gasteiger partial charge in [0, 0.05) is 6.42 Å². The molecule has 0 unspecified atom stereocenters.